The molecule has 1 N–H and O–H groups in total. The molecule has 1 unspecified atom stereocenters. The van der Waals surface area contributed by atoms with Gasteiger partial charge in [0.25, 0.3) is 0 Å². The number of anilines is 1. The van der Waals surface area contributed by atoms with Gasteiger partial charge in [0, 0.05) is 18.3 Å². The SMILES string of the molecule is CC(C1CCNCC1)N1CCc2ccccc21. The maximum absolute atomic E-state index is 3.46. The molecule has 0 saturated carbocycles. The Morgan fingerprint density at radius 1 is 1.24 bits per heavy atom. The molecule has 1 aromatic carbocycles. The summed E-state index contributed by atoms with van der Waals surface area (Å²) in [5.74, 6) is 0.863. The van der Waals surface area contributed by atoms with E-state index < -0.39 is 0 Å². The van der Waals surface area contributed by atoms with Crippen molar-refractivity contribution in [2.24, 2.45) is 5.92 Å². The molecule has 3 rings (SSSR count). The second-order valence-corrected chi connectivity index (χ2v) is 5.40. The van der Waals surface area contributed by atoms with E-state index in [2.05, 4.69) is 41.4 Å². The van der Waals surface area contributed by atoms with Crippen LogP contribution in [0, 0.1) is 5.92 Å². The summed E-state index contributed by atoms with van der Waals surface area (Å²) in [7, 11) is 0. The monoisotopic (exact) mass is 230 g/mol. The molecule has 2 heteroatoms. The van der Waals surface area contributed by atoms with Crippen LogP contribution in [0.15, 0.2) is 24.3 Å². The van der Waals surface area contributed by atoms with Crippen molar-refractivity contribution < 1.29 is 0 Å². The first-order valence-corrected chi connectivity index (χ1v) is 6.91. The summed E-state index contributed by atoms with van der Waals surface area (Å²) < 4.78 is 0. The third-order valence-corrected chi connectivity index (χ3v) is 4.48. The highest BCUT2D eigenvalue weighted by molar-refractivity contribution is 5.58. The molecule has 0 aliphatic carbocycles. The van der Waals surface area contributed by atoms with Crippen molar-refractivity contribution >= 4 is 5.69 Å². The lowest BCUT2D eigenvalue weighted by atomic mass is 9.90. The second-order valence-electron chi connectivity index (χ2n) is 5.40. The van der Waals surface area contributed by atoms with Crippen LogP contribution in [0.1, 0.15) is 25.3 Å². The molecule has 1 saturated heterocycles. The van der Waals surface area contributed by atoms with E-state index in [1.165, 1.54) is 50.1 Å². The van der Waals surface area contributed by atoms with Crippen LogP contribution in [0.2, 0.25) is 0 Å². The van der Waals surface area contributed by atoms with Gasteiger partial charge in [0.1, 0.15) is 0 Å². The number of hydrogen-bond donors (Lipinski definition) is 1. The molecule has 2 heterocycles. The van der Waals surface area contributed by atoms with Gasteiger partial charge in [0.05, 0.1) is 0 Å². The van der Waals surface area contributed by atoms with Crippen LogP contribution in [0.5, 0.6) is 0 Å². The van der Waals surface area contributed by atoms with Crippen molar-refractivity contribution in [3.63, 3.8) is 0 Å². The molecule has 1 aromatic rings. The van der Waals surface area contributed by atoms with Crippen molar-refractivity contribution in [3.05, 3.63) is 29.8 Å². The van der Waals surface area contributed by atoms with Crippen LogP contribution in [-0.2, 0) is 6.42 Å². The predicted molar refractivity (Wildman–Crippen MR) is 72.5 cm³/mol. The van der Waals surface area contributed by atoms with Gasteiger partial charge in [-0.3, -0.25) is 0 Å². The maximum Gasteiger partial charge on any atom is 0.0402 e. The summed E-state index contributed by atoms with van der Waals surface area (Å²) in [5.41, 5.74) is 3.02. The average molecular weight is 230 g/mol. The molecule has 0 amide bonds. The number of nitrogens with one attached hydrogen (secondary N) is 1. The summed E-state index contributed by atoms with van der Waals surface area (Å²) in [6.07, 6.45) is 3.89. The number of piperidine rings is 1. The standard InChI is InChI=1S/C15H22N2/c1-12(13-6-9-16-10-7-13)17-11-8-14-4-2-3-5-15(14)17/h2-5,12-13,16H,6-11H2,1H3. The molecule has 2 aliphatic rings. The minimum absolute atomic E-state index is 0.695. The van der Waals surface area contributed by atoms with E-state index in [1.54, 1.807) is 0 Å². The van der Waals surface area contributed by atoms with Gasteiger partial charge in [-0.25, -0.2) is 0 Å². The zero-order chi connectivity index (χ0) is 11.7. The number of rotatable bonds is 2. The van der Waals surface area contributed by atoms with Crippen molar-refractivity contribution in [3.8, 4) is 0 Å². The molecule has 0 radical (unpaired) electrons. The zero-order valence-corrected chi connectivity index (χ0v) is 10.7. The van der Waals surface area contributed by atoms with Crippen molar-refractivity contribution in [1.82, 2.24) is 5.32 Å². The van der Waals surface area contributed by atoms with Crippen molar-refractivity contribution in [1.29, 1.82) is 0 Å². The van der Waals surface area contributed by atoms with Crippen LogP contribution in [0.4, 0.5) is 5.69 Å². The average Bonchev–Trinajstić information content (AvgIpc) is 2.83. The molecule has 92 valence electrons. The first kappa shape index (κ1) is 11.1. The minimum Gasteiger partial charge on any atom is -0.368 e. The Morgan fingerprint density at radius 2 is 2.00 bits per heavy atom. The fourth-order valence-electron chi connectivity index (χ4n) is 3.37. The van der Waals surface area contributed by atoms with E-state index >= 15 is 0 Å². The van der Waals surface area contributed by atoms with E-state index in [-0.39, 0.29) is 0 Å². The lowest BCUT2D eigenvalue weighted by Crippen LogP contribution is -2.42. The van der Waals surface area contributed by atoms with Crippen LogP contribution in [0.25, 0.3) is 0 Å². The molecule has 2 nitrogen and oxygen atoms in total. The summed E-state index contributed by atoms with van der Waals surface area (Å²) in [4.78, 5) is 2.63. The number of fused-ring (bicyclic) bond motifs is 1. The largest absolute Gasteiger partial charge is 0.368 e. The Hall–Kier alpha value is -1.02. The van der Waals surface area contributed by atoms with Gasteiger partial charge in [-0.1, -0.05) is 18.2 Å². The lowest BCUT2D eigenvalue weighted by molar-refractivity contribution is 0.320. The molecule has 1 atom stereocenters. The molecular formula is C15H22N2. The lowest BCUT2D eigenvalue weighted by Gasteiger charge is -2.36. The quantitative estimate of drug-likeness (QED) is 0.839. The minimum atomic E-state index is 0.695. The second kappa shape index (κ2) is 4.69. The van der Waals surface area contributed by atoms with Crippen LogP contribution in [-0.4, -0.2) is 25.7 Å². The molecule has 0 spiro atoms. The van der Waals surface area contributed by atoms with E-state index in [0.717, 1.165) is 5.92 Å². The highest BCUT2D eigenvalue weighted by Crippen LogP contribution is 2.33. The molecule has 0 aromatic heterocycles. The summed E-state index contributed by atoms with van der Waals surface area (Å²) in [5, 5.41) is 3.46. The summed E-state index contributed by atoms with van der Waals surface area (Å²) >= 11 is 0. The van der Waals surface area contributed by atoms with E-state index in [9.17, 15) is 0 Å². The van der Waals surface area contributed by atoms with Gasteiger partial charge >= 0.3 is 0 Å². The van der Waals surface area contributed by atoms with Gasteiger partial charge < -0.3 is 10.2 Å². The fourth-order valence-corrected chi connectivity index (χ4v) is 3.37. The van der Waals surface area contributed by atoms with Crippen molar-refractivity contribution in [2.75, 3.05) is 24.5 Å². The van der Waals surface area contributed by atoms with Gasteiger partial charge in [-0.05, 0) is 56.8 Å². The summed E-state index contributed by atoms with van der Waals surface area (Å²) in [6, 6.07) is 9.61. The first-order chi connectivity index (χ1) is 8.36. The number of benzene rings is 1. The van der Waals surface area contributed by atoms with Crippen LogP contribution < -0.4 is 10.2 Å². The van der Waals surface area contributed by atoms with Gasteiger partial charge in [0.15, 0.2) is 0 Å². The molecule has 17 heavy (non-hydrogen) atoms. The molecular weight excluding hydrogens is 208 g/mol. The highest BCUT2D eigenvalue weighted by atomic mass is 15.2. The first-order valence-electron chi connectivity index (χ1n) is 6.91. The van der Waals surface area contributed by atoms with Gasteiger partial charge in [-0.2, -0.15) is 0 Å². The Labute approximate surface area is 104 Å². The Kier molecular flexibility index (Phi) is 3.06. The van der Waals surface area contributed by atoms with Crippen LogP contribution in [0.3, 0.4) is 0 Å². The number of hydrogen-bond acceptors (Lipinski definition) is 2. The highest BCUT2D eigenvalue weighted by Gasteiger charge is 2.29. The van der Waals surface area contributed by atoms with E-state index in [1.807, 2.05) is 0 Å². The maximum atomic E-state index is 3.46. The van der Waals surface area contributed by atoms with Gasteiger partial charge in [0.2, 0.25) is 0 Å². The number of para-hydroxylation sites is 1. The molecule has 0 bridgehead atoms. The van der Waals surface area contributed by atoms with Crippen LogP contribution >= 0.6 is 0 Å². The Bertz CT molecular complexity index is 382. The topological polar surface area (TPSA) is 15.3 Å². The Morgan fingerprint density at radius 3 is 2.82 bits per heavy atom. The zero-order valence-electron chi connectivity index (χ0n) is 10.7. The fraction of sp³-hybridized carbons (Fsp3) is 0.600. The van der Waals surface area contributed by atoms with Gasteiger partial charge in [-0.15, -0.1) is 0 Å². The molecule has 2 aliphatic heterocycles. The predicted octanol–water partition coefficient (Wildman–Crippen LogP) is 2.44. The molecule has 1 fully saturated rings. The summed E-state index contributed by atoms with van der Waals surface area (Å²) in [6.45, 7) is 6.03. The Balaban J connectivity index is 1.76. The van der Waals surface area contributed by atoms with Crippen molar-refractivity contribution in [2.45, 2.75) is 32.2 Å². The van der Waals surface area contributed by atoms with E-state index in [0.29, 0.717) is 6.04 Å². The smallest absolute Gasteiger partial charge is 0.0402 e. The third kappa shape index (κ3) is 2.06. The number of nitrogens with zero attached hydrogens (tertiary/aromatic N) is 1. The van der Waals surface area contributed by atoms with E-state index in [4.69, 9.17) is 0 Å². The normalized spacial score (nSPS) is 22.5. The third-order valence-electron chi connectivity index (χ3n) is 4.48.